The van der Waals surface area contributed by atoms with E-state index < -0.39 is 15.9 Å². The predicted octanol–water partition coefficient (Wildman–Crippen LogP) is 3.37. The highest BCUT2D eigenvalue weighted by molar-refractivity contribution is 7.91. The van der Waals surface area contributed by atoms with Crippen LogP contribution in [0, 0.1) is 5.82 Å². The second-order valence-corrected chi connectivity index (χ2v) is 11.9. The molecule has 2 fully saturated rings. The number of urea groups is 1. The zero-order valence-corrected chi connectivity index (χ0v) is 21.4. The Morgan fingerprint density at radius 2 is 1.76 bits per heavy atom. The molecule has 2 aliphatic heterocycles. The molecule has 38 heavy (non-hydrogen) atoms. The van der Waals surface area contributed by atoms with Crippen LogP contribution in [0.25, 0.3) is 28.0 Å². The number of nitrogens with zero attached hydrogens (tertiary/aromatic N) is 5. The lowest BCUT2D eigenvalue weighted by Crippen LogP contribution is -2.48. The van der Waals surface area contributed by atoms with E-state index in [-0.39, 0.29) is 34.5 Å². The van der Waals surface area contributed by atoms with Gasteiger partial charge in [0.1, 0.15) is 16.5 Å². The van der Waals surface area contributed by atoms with Gasteiger partial charge in [0.15, 0.2) is 15.5 Å². The van der Waals surface area contributed by atoms with Crippen molar-refractivity contribution < 1.29 is 17.6 Å². The molecular formula is C26H26FN7O3S. The van der Waals surface area contributed by atoms with E-state index in [0.29, 0.717) is 46.6 Å². The first-order valence-corrected chi connectivity index (χ1v) is 14.2. The molecule has 6 rings (SSSR count). The summed E-state index contributed by atoms with van der Waals surface area (Å²) in [5, 5.41) is 4.33. The third-order valence-corrected chi connectivity index (χ3v) is 8.79. The van der Waals surface area contributed by atoms with Crippen molar-refractivity contribution in [1.82, 2.24) is 24.5 Å². The molecule has 5 heterocycles. The fraction of sp³-hybridized carbons (Fsp3) is 0.308. The Kier molecular flexibility index (Phi) is 5.60. The van der Waals surface area contributed by atoms with Gasteiger partial charge in [0, 0.05) is 47.1 Å². The van der Waals surface area contributed by atoms with Crippen LogP contribution in [-0.2, 0) is 9.84 Å². The van der Waals surface area contributed by atoms with Crippen molar-refractivity contribution in [3.8, 4) is 22.4 Å². The lowest BCUT2D eigenvalue weighted by Gasteiger charge is -2.38. The van der Waals surface area contributed by atoms with E-state index in [1.54, 1.807) is 47.6 Å². The number of nitrogens with two attached hydrogens (primary N) is 2. The maximum absolute atomic E-state index is 14.2. The Bertz CT molecular complexity index is 1670. The number of carbonyl (C=O) groups is 1. The summed E-state index contributed by atoms with van der Waals surface area (Å²) in [5.41, 5.74) is 15.0. The first-order valence-electron chi connectivity index (χ1n) is 12.3. The summed E-state index contributed by atoms with van der Waals surface area (Å²) in [5.74, 6) is -0.601. The number of nitrogen functional groups attached to an aromatic ring is 1. The van der Waals surface area contributed by atoms with Gasteiger partial charge in [-0.3, -0.25) is 4.98 Å². The van der Waals surface area contributed by atoms with Crippen LogP contribution in [0.2, 0.25) is 0 Å². The van der Waals surface area contributed by atoms with Crippen LogP contribution in [0.15, 0.2) is 53.7 Å². The minimum Gasteiger partial charge on any atom is -0.382 e. The predicted molar refractivity (Wildman–Crippen MR) is 139 cm³/mol. The van der Waals surface area contributed by atoms with Crippen LogP contribution in [-0.4, -0.2) is 57.3 Å². The van der Waals surface area contributed by atoms with Gasteiger partial charge in [-0.2, -0.15) is 9.61 Å². The molecule has 0 aliphatic carbocycles. The first kappa shape index (κ1) is 24.3. The highest BCUT2D eigenvalue weighted by Gasteiger charge is 2.44. The summed E-state index contributed by atoms with van der Waals surface area (Å²) in [4.78, 5) is 22.9. The Hall–Kier alpha value is -4.06. The summed E-state index contributed by atoms with van der Waals surface area (Å²) in [6, 6.07) is 9.31. The molecule has 2 aliphatic rings. The van der Waals surface area contributed by atoms with Gasteiger partial charge in [0.25, 0.3) is 0 Å². The average molecular weight is 536 g/mol. The number of fused-ring (bicyclic) bond motifs is 3. The van der Waals surface area contributed by atoms with Crippen LogP contribution < -0.4 is 11.5 Å². The molecule has 2 saturated heterocycles. The number of hydrogen-bond donors (Lipinski definition) is 2. The molecule has 2 bridgehead atoms. The fourth-order valence-electron chi connectivity index (χ4n) is 6.02. The van der Waals surface area contributed by atoms with E-state index in [0.717, 1.165) is 19.1 Å². The molecule has 10 nitrogen and oxygen atoms in total. The molecule has 0 unspecified atom stereocenters. The standard InChI is InChI=1S/C26H26FN7O3S/c1-38(36,37)23-22(15-10-16-7-8-17(11-15)33(16)26(29)35)32-25-19(13-31-34(25)24(23)28)14-6-9-21(30-12-14)18-4-2-3-5-20(18)27/h2-6,9,12-13,15-17H,7-8,10-11,28H2,1H3,(H2,29,35)/t15-,16+,17-. The number of carbonyl (C=O) groups excluding carboxylic acids is 1. The lowest BCUT2D eigenvalue weighted by molar-refractivity contribution is 0.144. The van der Waals surface area contributed by atoms with Crippen LogP contribution in [0.1, 0.15) is 37.3 Å². The van der Waals surface area contributed by atoms with Crippen molar-refractivity contribution in [1.29, 1.82) is 0 Å². The molecular weight excluding hydrogens is 509 g/mol. The number of anilines is 1. The zero-order chi connectivity index (χ0) is 26.8. The Morgan fingerprint density at radius 1 is 1.05 bits per heavy atom. The minimum absolute atomic E-state index is 0.0145. The molecule has 2 amide bonds. The van der Waals surface area contributed by atoms with Crippen LogP contribution >= 0.6 is 0 Å². The van der Waals surface area contributed by atoms with Gasteiger partial charge in [0.05, 0.1) is 17.6 Å². The van der Waals surface area contributed by atoms with E-state index in [1.807, 2.05) is 0 Å². The summed E-state index contributed by atoms with van der Waals surface area (Å²) in [6.07, 6.45) is 7.00. The van der Waals surface area contributed by atoms with E-state index in [2.05, 4.69) is 10.1 Å². The number of pyridine rings is 1. The van der Waals surface area contributed by atoms with E-state index in [9.17, 15) is 17.6 Å². The van der Waals surface area contributed by atoms with Crippen molar-refractivity contribution >= 4 is 27.3 Å². The van der Waals surface area contributed by atoms with Gasteiger partial charge in [0.2, 0.25) is 0 Å². The quantitative estimate of drug-likeness (QED) is 0.407. The number of primary amides is 1. The molecule has 196 valence electrons. The van der Waals surface area contributed by atoms with Gasteiger partial charge in [-0.1, -0.05) is 18.2 Å². The second kappa shape index (κ2) is 8.76. The second-order valence-electron chi connectivity index (χ2n) is 9.99. The SMILES string of the molecule is CS(=O)(=O)c1c([C@H]2C[C@H]3CC[C@@H](C2)N3C(N)=O)nc2c(-c3ccc(-c4ccccc4F)nc3)cnn2c1N. The van der Waals surface area contributed by atoms with Crippen LogP contribution in [0.3, 0.4) is 0 Å². The van der Waals surface area contributed by atoms with Gasteiger partial charge >= 0.3 is 6.03 Å². The lowest BCUT2D eigenvalue weighted by atomic mass is 9.88. The van der Waals surface area contributed by atoms with Crippen LogP contribution in [0.4, 0.5) is 15.0 Å². The molecule has 4 N–H and O–H groups in total. The number of hydrogen-bond acceptors (Lipinski definition) is 7. The smallest absolute Gasteiger partial charge is 0.315 e. The molecule has 0 saturated carbocycles. The van der Waals surface area contributed by atoms with E-state index in [1.165, 1.54) is 10.6 Å². The van der Waals surface area contributed by atoms with Crippen molar-refractivity contribution in [2.45, 2.75) is 48.6 Å². The largest absolute Gasteiger partial charge is 0.382 e. The monoisotopic (exact) mass is 535 g/mol. The normalized spacial score (nSPS) is 21.2. The number of halogens is 1. The number of amides is 2. The Morgan fingerprint density at radius 3 is 2.37 bits per heavy atom. The molecule has 1 aromatic carbocycles. The van der Waals surface area contributed by atoms with Gasteiger partial charge < -0.3 is 16.4 Å². The maximum Gasteiger partial charge on any atom is 0.315 e. The molecule has 3 atom stereocenters. The topological polar surface area (TPSA) is 150 Å². The summed E-state index contributed by atoms with van der Waals surface area (Å²) >= 11 is 0. The summed E-state index contributed by atoms with van der Waals surface area (Å²) in [6.45, 7) is 0. The average Bonchev–Trinajstić information content (AvgIpc) is 3.42. The third kappa shape index (κ3) is 3.87. The summed E-state index contributed by atoms with van der Waals surface area (Å²) in [7, 11) is -3.75. The van der Waals surface area contributed by atoms with Crippen molar-refractivity contribution in [2.75, 3.05) is 12.0 Å². The molecule has 12 heteroatoms. The number of benzene rings is 1. The molecule has 3 aromatic heterocycles. The molecule has 0 radical (unpaired) electrons. The number of piperidine rings is 1. The third-order valence-electron chi connectivity index (χ3n) is 7.63. The fourth-order valence-corrected chi connectivity index (χ4v) is 7.08. The Labute approximate surface area is 218 Å². The van der Waals surface area contributed by atoms with Gasteiger partial charge in [-0.05, 0) is 43.9 Å². The maximum atomic E-state index is 14.2. The highest BCUT2D eigenvalue weighted by atomic mass is 32.2. The van der Waals surface area contributed by atoms with Crippen LogP contribution in [0.5, 0.6) is 0 Å². The summed E-state index contributed by atoms with van der Waals surface area (Å²) < 4.78 is 41.4. The van der Waals surface area contributed by atoms with Crippen molar-refractivity contribution in [2.24, 2.45) is 5.73 Å². The minimum atomic E-state index is -3.75. The molecule has 0 spiro atoms. The first-order chi connectivity index (χ1) is 18.1. The number of sulfone groups is 1. The number of aromatic nitrogens is 4. The highest BCUT2D eigenvalue weighted by Crippen LogP contribution is 2.45. The zero-order valence-electron chi connectivity index (χ0n) is 20.6. The van der Waals surface area contributed by atoms with Crippen molar-refractivity contribution in [3.63, 3.8) is 0 Å². The molecule has 4 aromatic rings. The Balaban J connectivity index is 1.45. The van der Waals surface area contributed by atoms with E-state index in [4.69, 9.17) is 16.5 Å². The number of rotatable bonds is 4. The van der Waals surface area contributed by atoms with Crippen molar-refractivity contribution in [3.05, 3.63) is 60.3 Å². The van der Waals surface area contributed by atoms with Gasteiger partial charge in [-0.25, -0.2) is 22.6 Å². The van der Waals surface area contributed by atoms with Gasteiger partial charge in [-0.15, -0.1) is 0 Å². The van der Waals surface area contributed by atoms with E-state index >= 15 is 0 Å².